The van der Waals surface area contributed by atoms with E-state index in [-0.39, 0.29) is 17.2 Å². The van der Waals surface area contributed by atoms with Crippen LogP contribution in [-0.4, -0.2) is 25.5 Å². The van der Waals surface area contributed by atoms with Crippen LogP contribution in [0.25, 0.3) is 0 Å². The number of hydrogen-bond donors (Lipinski definition) is 1. The Morgan fingerprint density at radius 1 is 1.04 bits per heavy atom. The molecule has 1 aliphatic carbocycles. The zero-order valence-electron chi connectivity index (χ0n) is 15.6. The zero-order valence-corrected chi connectivity index (χ0v) is 15.6. The van der Waals surface area contributed by atoms with Gasteiger partial charge in [0.2, 0.25) is 0 Å². The molecule has 0 aliphatic heterocycles. The van der Waals surface area contributed by atoms with Crippen molar-refractivity contribution in [1.29, 1.82) is 0 Å². The molecule has 144 valence electrons. The van der Waals surface area contributed by atoms with E-state index < -0.39 is 0 Å². The van der Waals surface area contributed by atoms with Crippen LogP contribution in [-0.2, 0) is 6.54 Å². The minimum absolute atomic E-state index is 0.201. The third-order valence-corrected chi connectivity index (χ3v) is 5.11. The molecule has 0 unspecified atom stereocenters. The van der Waals surface area contributed by atoms with Crippen molar-refractivity contribution in [3.63, 3.8) is 0 Å². The van der Waals surface area contributed by atoms with E-state index in [0.29, 0.717) is 18.4 Å². The predicted octanol–water partition coefficient (Wildman–Crippen LogP) is 3.25. The number of anilines is 1. The lowest BCUT2D eigenvalue weighted by Crippen LogP contribution is -2.27. The van der Waals surface area contributed by atoms with Gasteiger partial charge in [-0.05, 0) is 24.5 Å². The molecule has 0 saturated heterocycles. The van der Waals surface area contributed by atoms with Gasteiger partial charge in [0, 0.05) is 12.1 Å². The first-order valence-electron chi connectivity index (χ1n) is 9.68. The normalized spacial score (nSPS) is 14.7. The number of hydrogen-bond acceptors (Lipinski definition) is 4. The van der Waals surface area contributed by atoms with Gasteiger partial charge in [0.1, 0.15) is 11.5 Å². The van der Waals surface area contributed by atoms with Crippen molar-refractivity contribution >= 4 is 11.7 Å². The van der Waals surface area contributed by atoms with Crippen molar-refractivity contribution in [3.8, 4) is 0 Å². The fourth-order valence-corrected chi connectivity index (χ4v) is 3.65. The SMILES string of the molecule is O=C(Nc1ccnn1C1CCCCC1)c1ccc(=O)n(Cc2ccccc2)n1. The van der Waals surface area contributed by atoms with Gasteiger partial charge in [-0.15, -0.1) is 0 Å². The van der Waals surface area contributed by atoms with E-state index in [1.807, 2.05) is 35.0 Å². The zero-order chi connectivity index (χ0) is 19.3. The summed E-state index contributed by atoms with van der Waals surface area (Å²) < 4.78 is 3.21. The molecule has 4 rings (SSSR count). The number of carbonyl (C=O) groups is 1. The molecule has 0 atom stereocenters. The Bertz CT molecular complexity index is 1000. The van der Waals surface area contributed by atoms with Crippen LogP contribution in [0.4, 0.5) is 5.82 Å². The number of aromatic nitrogens is 4. The average Bonchev–Trinajstić information content (AvgIpc) is 3.19. The third-order valence-electron chi connectivity index (χ3n) is 5.11. The predicted molar refractivity (Wildman–Crippen MR) is 106 cm³/mol. The summed E-state index contributed by atoms with van der Waals surface area (Å²) in [6.07, 6.45) is 7.48. The summed E-state index contributed by atoms with van der Waals surface area (Å²) in [5.41, 5.74) is 0.907. The van der Waals surface area contributed by atoms with Crippen LogP contribution in [0.15, 0.2) is 59.5 Å². The molecule has 0 radical (unpaired) electrons. The van der Waals surface area contributed by atoms with Crippen molar-refractivity contribution in [2.24, 2.45) is 0 Å². The Morgan fingerprint density at radius 3 is 2.61 bits per heavy atom. The summed E-state index contributed by atoms with van der Waals surface area (Å²) in [5.74, 6) is 0.318. The van der Waals surface area contributed by atoms with Crippen LogP contribution in [0, 0.1) is 0 Å². The van der Waals surface area contributed by atoms with E-state index in [1.54, 1.807) is 12.3 Å². The standard InChI is InChI=1S/C21H23N5O2/c27-20-12-11-18(24-25(20)15-16-7-3-1-4-8-16)21(28)23-19-13-14-22-26(19)17-9-5-2-6-10-17/h1,3-4,7-8,11-14,17H,2,5-6,9-10,15H2,(H,23,28). The molecule has 1 amide bonds. The van der Waals surface area contributed by atoms with E-state index in [0.717, 1.165) is 18.4 Å². The molecule has 2 heterocycles. The van der Waals surface area contributed by atoms with E-state index in [2.05, 4.69) is 15.5 Å². The van der Waals surface area contributed by atoms with Crippen molar-refractivity contribution < 1.29 is 4.79 Å². The quantitative estimate of drug-likeness (QED) is 0.740. The maximum atomic E-state index is 12.7. The highest BCUT2D eigenvalue weighted by molar-refractivity contribution is 6.02. The summed E-state index contributed by atoms with van der Waals surface area (Å²) in [6, 6.07) is 14.5. The van der Waals surface area contributed by atoms with Gasteiger partial charge in [-0.3, -0.25) is 9.59 Å². The maximum Gasteiger partial charge on any atom is 0.277 e. The second-order valence-electron chi connectivity index (χ2n) is 7.11. The molecule has 3 aromatic rings. The number of benzene rings is 1. The molecular formula is C21H23N5O2. The minimum Gasteiger partial charge on any atom is -0.305 e. The highest BCUT2D eigenvalue weighted by atomic mass is 16.2. The molecule has 1 aromatic carbocycles. The van der Waals surface area contributed by atoms with Gasteiger partial charge in [0.15, 0.2) is 0 Å². The first-order chi connectivity index (χ1) is 13.7. The van der Waals surface area contributed by atoms with Gasteiger partial charge in [-0.2, -0.15) is 10.2 Å². The second-order valence-corrected chi connectivity index (χ2v) is 7.11. The number of carbonyl (C=O) groups excluding carboxylic acids is 1. The molecule has 1 fully saturated rings. The minimum atomic E-state index is -0.348. The van der Waals surface area contributed by atoms with Crippen LogP contribution >= 0.6 is 0 Å². The molecule has 2 aromatic heterocycles. The van der Waals surface area contributed by atoms with Crippen LogP contribution < -0.4 is 10.9 Å². The topological polar surface area (TPSA) is 81.8 Å². The summed E-state index contributed by atoms with van der Waals surface area (Å²) in [5, 5.41) is 11.6. The van der Waals surface area contributed by atoms with Gasteiger partial charge in [-0.1, -0.05) is 49.6 Å². The number of amides is 1. The summed E-state index contributed by atoms with van der Waals surface area (Å²) in [7, 11) is 0. The van der Waals surface area contributed by atoms with Crippen LogP contribution in [0.2, 0.25) is 0 Å². The van der Waals surface area contributed by atoms with E-state index in [1.165, 1.54) is 36.1 Å². The van der Waals surface area contributed by atoms with Crippen molar-refractivity contribution in [3.05, 3.63) is 76.3 Å². The van der Waals surface area contributed by atoms with Gasteiger partial charge in [0.25, 0.3) is 11.5 Å². The lowest BCUT2D eigenvalue weighted by molar-refractivity contribution is 0.101. The van der Waals surface area contributed by atoms with E-state index in [9.17, 15) is 9.59 Å². The fourth-order valence-electron chi connectivity index (χ4n) is 3.65. The first kappa shape index (κ1) is 18.2. The smallest absolute Gasteiger partial charge is 0.277 e. The number of rotatable bonds is 5. The van der Waals surface area contributed by atoms with E-state index in [4.69, 9.17) is 0 Å². The van der Waals surface area contributed by atoms with Gasteiger partial charge in [0.05, 0.1) is 18.8 Å². The molecule has 0 spiro atoms. The Hall–Kier alpha value is -3.22. The van der Waals surface area contributed by atoms with Crippen LogP contribution in [0.5, 0.6) is 0 Å². The molecule has 28 heavy (non-hydrogen) atoms. The Balaban J connectivity index is 1.52. The fraction of sp³-hybridized carbons (Fsp3) is 0.333. The van der Waals surface area contributed by atoms with Gasteiger partial charge < -0.3 is 5.32 Å². The van der Waals surface area contributed by atoms with Gasteiger partial charge >= 0.3 is 0 Å². The molecule has 1 N–H and O–H groups in total. The highest BCUT2D eigenvalue weighted by Crippen LogP contribution is 2.29. The second kappa shape index (κ2) is 8.21. The Labute approximate surface area is 163 Å². The monoisotopic (exact) mass is 377 g/mol. The van der Waals surface area contributed by atoms with E-state index >= 15 is 0 Å². The molecule has 1 aliphatic rings. The molecular weight excluding hydrogens is 354 g/mol. The Morgan fingerprint density at radius 2 is 1.82 bits per heavy atom. The third kappa shape index (κ3) is 4.03. The van der Waals surface area contributed by atoms with Crippen molar-refractivity contribution in [2.75, 3.05) is 5.32 Å². The lowest BCUT2D eigenvalue weighted by atomic mass is 9.96. The molecule has 7 heteroatoms. The number of nitrogens with zero attached hydrogens (tertiary/aromatic N) is 4. The van der Waals surface area contributed by atoms with Crippen molar-refractivity contribution in [1.82, 2.24) is 19.6 Å². The van der Waals surface area contributed by atoms with Crippen LogP contribution in [0.1, 0.15) is 54.2 Å². The molecule has 0 bridgehead atoms. The molecule has 1 saturated carbocycles. The van der Waals surface area contributed by atoms with Crippen LogP contribution in [0.3, 0.4) is 0 Å². The van der Waals surface area contributed by atoms with Crippen molar-refractivity contribution in [2.45, 2.75) is 44.7 Å². The highest BCUT2D eigenvalue weighted by Gasteiger charge is 2.20. The summed E-state index contributed by atoms with van der Waals surface area (Å²) in [6.45, 7) is 0.320. The van der Waals surface area contributed by atoms with Gasteiger partial charge in [-0.25, -0.2) is 9.36 Å². The largest absolute Gasteiger partial charge is 0.305 e. The lowest BCUT2D eigenvalue weighted by Gasteiger charge is -2.23. The maximum absolute atomic E-state index is 12.7. The number of nitrogens with one attached hydrogen (secondary N) is 1. The summed E-state index contributed by atoms with van der Waals surface area (Å²) in [4.78, 5) is 24.9. The first-order valence-corrected chi connectivity index (χ1v) is 9.68. The Kier molecular flexibility index (Phi) is 5.32. The molecule has 7 nitrogen and oxygen atoms in total. The summed E-state index contributed by atoms with van der Waals surface area (Å²) >= 11 is 0. The average molecular weight is 377 g/mol.